The third-order valence-corrected chi connectivity index (χ3v) is 1.24. The molecule has 0 saturated heterocycles. The van der Waals surface area contributed by atoms with Crippen molar-refractivity contribution in [3.05, 3.63) is 23.8 Å². The minimum absolute atomic E-state index is 0.122. The van der Waals surface area contributed by atoms with Crippen LogP contribution in [0.25, 0.3) is 0 Å². The second-order valence-electron chi connectivity index (χ2n) is 2.31. The van der Waals surface area contributed by atoms with Gasteiger partial charge in [0.25, 0.3) is 5.92 Å². The molecule has 0 nitrogen and oxygen atoms in total. The Hall–Kier alpha value is -0.660. The average Bonchev–Trinajstić information content (AvgIpc) is 1.60. The molecule has 1 aliphatic rings. The molecule has 0 radical (unpaired) electrons. The first-order valence-electron chi connectivity index (χ1n) is 2.83. The third-order valence-electron chi connectivity index (χ3n) is 1.24. The van der Waals surface area contributed by atoms with Crippen LogP contribution in [-0.4, -0.2) is 5.92 Å². The van der Waals surface area contributed by atoms with Crippen LogP contribution in [0.15, 0.2) is 23.8 Å². The maximum Gasteiger partial charge on any atom is 0.270 e. The van der Waals surface area contributed by atoms with Crippen molar-refractivity contribution in [2.75, 3.05) is 0 Å². The van der Waals surface area contributed by atoms with Gasteiger partial charge >= 0.3 is 0 Å². The molecule has 1 rings (SSSR count). The van der Waals surface area contributed by atoms with Crippen molar-refractivity contribution in [3.8, 4) is 0 Å². The summed E-state index contributed by atoms with van der Waals surface area (Å²) in [4.78, 5) is 0. The molecule has 0 spiro atoms. The number of hydrogen-bond donors (Lipinski definition) is 0. The molecule has 0 bridgehead atoms. The van der Waals surface area contributed by atoms with E-state index >= 15 is 0 Å². The Morgan fingerprint density at radius 1 is 1.56 bits per heavy atom. The summed E-state index contributed by atoms with van der Waals surface area (Å²) in [7, 11) is 0. The normalized spacial score (nSPS) is 23.7. The summed E-state index contributed by atoms with van der Waals surface area (Å²) in [5, 5.41) is 0. The standard InChI is InChI=1S/C7H8F2/c1-6-3-2-4-7(8,9)5-6/h2-4H,5H2,1H3. The predicted octanol–water partition coefficient (Wildman–Crippen LogP) is 2.53. The lowest BCUT2D eigenvalue weighted by atomic mass is 10.0. The monoisotopic (exact) mass is 130 g/mol. The maximum absolute atomic E-state index is 12.3. The van der Waals surface area contributed by atoms with E-state index in [-0.39, 0.29) is 6.42 Å². The Kier molecular flexibility index (Phi) is 1.39. The fraction of sp³-hybridized carbons (Fsp3) is 0.429. The number of hydrogen-bond acceptors (Lipinski definition) is 0. The van der Waals surface area contributed by atoms with Crippen LogP contribution in [0.1, 0.15) is 13.3 Å². The van der Waals surface area contributed by atoms with Crippen molar-refractivity contribution in [3.63, 3.8) is 0 Å². The first-order valence-corrected chi connectivity index (χ1v) is 2.83. The second-order valence-corrected chi connectivity index (χ2v) is 2.31. The second kappa shape index (κ2) is 1.94. The van der Waals surface area contributed by atoms with Gasteiger partial charge < -0.3 is 0 Å². The largest absolute Gasteiger partial charge is 0.270 e. The van der Waals surface area contributed by atoms with Crippen LogP contribution >= 0.6 is 0 Å². The fourth-order valence-electron chi connectivity index (χ4n) is 0.843. The molecule has 0 fully saturated rings. The zero-order chi connectivity index (χ0) is 6.91. The Morgan fingerprint density at radius 3 is 2.56 bits per heavy atom. The van der Waals surface area contributed by atoms with E-state index in [2.05, 4.69) is 0 Å². The summed E-state index contributed by atoms with van der Waals surface area (Å²) in [5.74, 6) is -2.60. The van der Waals surface area contributed by atoms with E-state index < -0.39 is 5.92 Å². The average molecular weight is 130 g/mol. The Balaban J connectivity index is 2.73. The predicted molar refractivity (Wildman–Crippen MR) is 32.5 cm³/mol. The number of halogens is 2. The molecule has 0 heterocycles. The Labute approximate surface area is 52.9 Å². The van der Waals surface area contributed by atoms with Gasteiger partial charge in [-0.15, -0.1) is 0 Å². The zero-order valence-electron chi connectivity index (χ0n) is 5.20. The van der Waals surface area contributed by atoms with Gasteiger partial charge in [-0.1, -0.05) is 17.7 Å². The molecule has 0 atom stereocenters. The minimum Gasteiger partial charge on any atom is -0.202 e. The van der Waals surface area contributed by atoms with E-state index in [9.17, 15) is 8.78 Å². The minimum atomic E-state index is -2.60. The third kappa shape index (κ3) is 1.63. The molecule has 0 aromatic heterocycles. The van der Waals surface area contributed by atoms with Crippen molar-refractivity contribution >= 4 is 0 Å². The van der Waals surface area contributed by atoms with Crippen LogP contribution in [0, 0.1) is 0 Å². The van der Waals surface area contributed by atoms with E-state index in [4.69, 9.17) is 0 Å². The summed E-state index contributed by atoms with van der Waals surface area (Å²) < 4.78 is 24.7. The first-order chi connectivity index (χ1) is 4.10. The summed E-state index contributed by atoms with van der Waals surface area (Å²) in [6, 6.07) is 0. The molecular weight excluding hydrogens is 122 g/mol. The molecule has 0 aromatic carbocycles. The van der Waals surface area contributed by atoms with Gasteiger partial charge in [-0.05, 0) is 13.0 Å². The highest BCUT2D eigenvalue weighted by molar-refractivity contribution is 5.21. The van der Waals surface area contributed by atoms with Gasteiger partial charge in [0.05, 0.1) is 0 Å². The van der Waals surface area contributed by atoms with Crippen molar-refractivity contribution < 1.29 is 8.78 Å². The van der Waals surface area contributed by atoms with Crippen molar-refractivity contribution in [2.45, 2.75) is 19.3 Å². The highest BCUT2D eigenvalue weighted by Gasteiger charge is 2.26. The lowest BCUT2D eigenvalue weighted by Crippen LogP contribution is -2.14. The molecule has 50 valence electrons. The van der Waals surface area contributed by atoms with Crippen molar-refractivity contribution in [2.24, 2.45) is 0 Å². The number of alkyl halides is 2. The quantitative estimate of drug-likeness (QED) is 0.472. The van der Waals surface area contributed by atoms with Crippen LogP contribution in [0.3, 0.4) is 0 Å². The maximum atomic E-state index is 12.3. The molecule has 0 N–H and O–H groups in total. The summed E-state index contributed by atoms with van der Waals surface area (Å²) in [6.07, 6.45) is 3.92. The van der Waals surface area contributed by atoms with Gasteiger partial charge in [0.1, 0.15) is 0 Å². The Morgan fingerprint density at radius 2 is 2.22 bits per heavy atom. The number of rotatable bonds is 0. The van der Waals surface area contributed by atoms with E-state index in [1.54, 1.807) is 13.0 Å². The van der Waals surface area contributed by atoms with Gasteiger partial charge in [-0.25, -0.2) is 8.78 Å². The fourth-order valence-corrected chi connectivity index (χ4v) is 0.843. The van der Waals surface area contributed by atoms with E-state index in [0.717, 1.165) is 11.6 Å². The lowest BCUT2D eigenvalue weighted by Gasteiger charge is -2.14. The molecular formula is C7H8F2. The van der Waals surface area contributed by atoms with Crippen LogP contribution in [0.4, 0.5) is 8.78 Å². The van der Waals surface area contributed by atoms with Gasteiger partial charge in [0.15, 0.2) is 0 Å². The molecule has 0 amide bonds. The summed E-state index contributed by atoms with van der Waals surface area (Å²) >= 11 is 0. The van der Waals surface area contributed by atoms with Crippen molar-refractivity contribution in [1.29, 1.82) is 0 Å². The molecule has 2 heteroatoms. The van der Waals surface area contributed by atoms with E-state index in [1.165, 1.54) is 6.08 Å². The van der Waals surface area contributed by atoms with E-state index in [0.29, 0.717) is 0 Å². The zero-order valence-corrected chi connectivity index (χ0v) is 5.20. The highest BCUT2D eigenvalue weighted by Crippen LogP contribution is 2.27. The highest BCUT2D eigenvalue weighted by atomic mass is 19.3. The van der Waals surface area contributed by atoms with Crippen LogP contribution < -0.4 is 0 Å². The molecule has 0 saturated carbocycles. The van der Waals surface area contributed by atoms with Gasteiger partial charge in [0.2, 0.25) is 0 Å². The smallest absolute Gasteiger partial charge is 0.202 e. The topological polar surface area (TPSA) is 0 Å². The summed E-state index contributed by atoms with van der Waals surface area (Å²) in [5.41, 5.74) is 0.738. The first kappa shape index (κ1) is 6.46. The number of allylic oxidation sites excluding steroid dienone is 4. The van der Waals surface area contributed by atoms with Crippen molar-refractivity contribution in [1.82, 2.24) is 0 Å². The molecule has 9 heavy (non-hydrogen) atoms. The molecule has 0 unspecified atom stereocenters. The van der Waals surface area contributed by atoms with E-state index in [1.807, 2.05) is 0 Å². The summed E-state index contributed by atoms with van der Waals surface area (Å²) in [6.45, 7) is 1.71. The van der Waals surface area contributed by atoms with Gasteiger partial charge in [0, 0.05) is 6.42 Å². The SMILES string of the molecule is CC1=CC=CC(F)(F)C1. The van der Waals surface area contributed by atoms with Gasteiger partial charge in [-0.3, -0.25) is 0 Å². The molecule has 0 aromatic rings. The molecule has 1 aliphatic carbocycles. The Bertz CT molecular complexity index is 166. The van der Waals surface area contributed by atoms with Gasteiger partial charge in [-0.2, -0.15) is 0 Å². The van der Waals surface area contributed by atoms with Crippen LogP contribution in [0.2, 0.25) is 0 Å². The van der Waals surface area contributed by atoms with Crippen LogP contribution in [0.5, 0.6) is 0 Å². The van der Waals surface area contributed by atoms with Crippen LogP contribution in [-0.2, 0) is 0 Å². The lowest BCUT2D eigenvalue weighted by molar-refractivity contribution is 0.0544. The molecule has 0 aliphatic heterocycles.